The van der Waals surface area contributed by atoms with E-state index in [1.165, 1.54) is 24.2 Å². The highest BCUT2D eigenvalue weighted by Gasteiger charge is 2.25. The van der Waals surface area contributed by atoms with Gasteiger partial charge in [-0.2, -0.15) is 0 Å². The van der Waals surface area contributed by atoms with E-state index >= 15 is 0 Å². The molecule has 1 aromatic heterocycles. The van der Waals surface area contributed by atoms with Crippen molar-refractivity contribution in [1.82, 2.24) is 9.55 Å². The Morgan fingerprint density at radius 2 is 2.25 bits per heavy atom. The van der Waals surface area contributed by atoms with Crippen molar-refractivity contribution in [2.45, 2.75) is 51.1 Å². The molecule has 3 rings (SSSR count). The lowest BCUT2D eigenvalue weighted by Gasteiger charge is -2.26. The van der Waals surface area contributed by atoms with Gasteiger partial charge in [0.25, 0.3) is 0 Å². The molecular formula is C16H23N3O. The van der Waals surface area contributed by atoms with Crippen molar-refractivity contribution < 1.29 is 4.74 Å². The van der Waals surface area contributed by atoms with E-state index in [0.717, 1.165) is 30.7 Å². The molecule has 0 spiro atoms. The van der Waals surface area contributed by atoms with Crippen molar-refractivity contribution in [3.8, 4) is 5.75 Å². The first kappa shape index (κ1) is 13.4. The third kappa shape index (κ3) is 2.29. The molecular weight excluding hydrogens is 250 g/mol. The highest BCUT2D eigenvalue weighted by atomic mass is 16.5. The zero-order valence-electron chi connectivity index (χ0n) is 12.3. The van der Waals surface area contributed by atoms with Crippen molar-refractivity contribution in [1.29, 1.82) is 0 Å². The number of rotatable bonds is 3. The fraction of sp³-hybridized carbons (Fsp3) is 0.562. The van der Waals surface area contributed by atoms with Crippen LogP contribution in [0, 0.1) is 0 Å². The Labute approximate surface area is 119 Å². The first-order chi connectivity index (χ1) is 9.72. The Morgan fingerprint density at radius 3 is 2.95 bits per heavy atom. The van der Waals surface area contributed by atoms with E-state index in [2.05, 4.69) is 17.6 Å². The average Bonchev–Trinajstić information content (AvgIpc) is 2.84. The highest BCUT2D eigenvalue weighted by molar-refractivity contribution is 5.78. The molecule has 0 aliphatic heterocycles. The molecule has 108 valence electrons. The van der Waals surface area contributed by atoms with Crippen LogP contribution in [0.3, 0.4) is 0 Å². The van der Waals surface area contributed by atoms with Gasteiger partial charge in [-0.3, -0.25) is 0 Å². The van der Waals surface area contributed by atoms with Gasteiger partial charge in [0.2, 0.25) is 0 Å². The zero-order valence-corrected chi connectivity index (χ0v) is 12.3. The number of methoxy groups -OCH3 is 1. The maximum absolute atomic E-state index is 6.14. The van der Waals surface area contributed by atoms with Gasteiger partial charge in [0.1, 0.15) is 11.6 Å². The van der Waals surface area contributed by atoms with Gasteiger partial charge in [0, 0.05) is 24.6 Å². The molecule has 20 heavy (non-hydrogen) atoms. The number of fused-ring (bicyclic) bond motifs is 1. The predicted octanol–water partition coefficient (Wildman–Crippen LogP) is 3.05. The number of hydrogen-bond donors (Lipinski definition) is 1. The summed E-state index contributed by atoms with van der Waals surface area (Å²) in [5.41, 5.74) is 8.36. The van der Waals surface area contributed by atoms with E-state index in [1.54, 1.807) is 7.11 Å². The Hall–Kier alpha value is -1.55. The van der Waals surface area contributed by atoms with Crippen LogP contribution < -0.4 is 10.5 Å². The van der Waals surface area contributed by atoms with E-state index in [4.69, 9.17) is 15.5 Å². The van der Waals surface area contributed by atoms with Crippen molar-refractivity contribution in [3.05, 3.63) is 24.0 Å². The van der Waals surface area contributed by atoms with Gasteiger partial charge in [-0.25, -0.2) is 4.98 Å². The van der Waals surface area contributed by atoms with E-state index in [-0.39, 0.29) is 0 Å². The summed E-state index contributed by atoms with van der Waals surface area (Å²) in [5, 5.41) is 0. The molecule has 4 heteroatoms. The highest BCUT2D eigenvalue weighted by Crippen LogP contribution is 2.34. The quantitative estimate of drug-likeness (QED) is 0.935. The fourth-order valence-corrected chi connectivity index (χ4v) is 3.36. The van der Waals surface area contributed by atoms with Crippen LogP contribution in [0.1, 0.15) is 44.3 Å². The van der Waals surface area contributed by atoms with Gasteiger partial charge in [-0.05, 0) is 38.3 Å². The standard InChI is InChI=1S/C16H23N3O/c1-3-19-15-8-7-13(20-2)10-14(15)18-16(19)11-5-4-6-12(17)9-11/h7-8,10-12H,3-6,9,17H2,1-2H3. The van der Waals surface area contributed by atoms with Crippen LogP contribution >= 0.6 is 0 Å². The molecule has 1 fully saturated rings. The minimum absolute atomic E-state index is 0.327. The molecule has 1 saturated carbocycles. The molecule has 0 saturated heterocycles. The monoisotopic (exact) mass is 273 g/mol. The summed E-state index contributed by atoms with van der Waals surface area (Å²) in [4.78, 5) is 4.88. The number of ether oxygens (including phenoxy) is 1. The molecule has 0 amide bonds. The third-order valence-corrected chi connectivity index (χ3v) is 4.38. The molecule has 4 nitrogen and oxygen atoms in total. The normalized spacial score (nSPS) is 23.1. The minimum Gasteiger partial charge on any atom is -0.497 e. The first-order valence-electron chi connectivity index (χ1n) is 7.52. The number of hydrogen-bond acceptors (Lipinski definition) is 3. The molecule has 2 N–H and O–H groups in total. The second-order valence-electron chi connectivity index (χ2n) is 5.69. The smallest absolute Gasteiger partial charge is 0.121 e. The van der Waals surface area contributed by atoms with Crippen LogP contribution in [0.15, 0.2) is 18.2 Å². The lowest BCUT2D eigenvalue weighted by molar-refractivity contribution is 0.375. The van der Waals surface area contributed by atoms with Crippen LogP contribution in [0.2, 0.25) is 0 Å². The Morgan fingerprint density at radius 1 is 1.40 bits per heavy atom. The van der Waals surface area contributed by atoms with Crippen molar-refractivity contribution in [2.24, 2.45) is 5.73 Å². The van der Waals surface area contributed by atoms with E-state index in [0.29, 0.717) is 12.0 Å². The molecule has 1 heterocycles. The van der Waals surface area contributed by atoms with Gasteiger partial charge >= 0.3 is 0 Å². The number of imidazole rings is 1. The average molecular weight is 273 g/mol. The zero-order chi connectivity index (χ0) is 14.1. The summed E-state index contributed by atoms with van der Waals surface area (Å²) in [6, 6.07) is 6.46. The fourth-order valence-electron chi connectivity index (χ4n) is 3.36. The number of aromatic nitrogens is 2. The third-order valence-electron chi connectivity index (χ3n) is 4.38. The molecule has 2 unspecified atom stereocenters. The molecule has 1 aliphatic rings. The van der Waals surface area contributed by atoms with E-state index in [9.17, 15) is 0 Å². The summed E-state index contributed by atoms with van der Waals surface area (Å²) < 4.78 is 7.63. The van der Waals surface area contributed by atoms with Crippen molar-refractivity contribution in [2.75, 3.05) is 7.11 Å². The van der Waals surface area contributed by atoms with Gasteiger partial charge < -0.3 is 15.0 Å². The second-order valence-corrected chi connectivity index (χ2v) is 5.69. The van der Waals surface area contributed by atoms with Crippen LogP contribution in [-0.4, -0.2) is 22.7 Å². The Bertz CT molecular complexity index is 605. The lowest BCUT2D eigenvalue weighted by atomic mass is 9.85. The summed E-state index contributed by atoms with van der Waals surface area (Å²) in [6.45, 7) is 3.13. The first-order valence-corrected chi connectivity index (χ1v) is 7.52. The van der Waals surface area contributed by atoms with Gasteiger partial charge in [-0.1, -0.05) is 6.42 Å². The lowest BCUT2D eigenvalue weighted by Crippen LogP contribution is -2.28. The molecule has 0 radical (unpaired) electrons. The predicted molar refractivity (Wildman–Crippen MR) is 81.1 cm³/mol. The Kier molecular flexibility index (Phi) is 3.66. The number of aryl methyl sites for hydroxylation is 1. The SMILES string of the molecule is CCn1c(C2CCCC(N)C2)nc2cc(OC)ccc21. The molecule has 2 atom stereocenters. The molecule has 0 bridgehead atoms. The molecule has 1 aliphatic carbocycles. The van der Waals surface area contributed by atoms with Crippen LogP contribution in [-0.2, 0) is 6.54 Å². The summed E-state index contributed by atoms with van der Waals surface area (Å²) >= 11 is 0. The van der Waals surface area contributed by atoms with Crippen LogP contribution in [0.25, 0.3) is 11.0 Å². The van der Waals surface area contributed by atoms with E-state index in [1.807, 2.05) is 12.1 Å². The number of benzene rings is 1. The van der Waals surface area contributed by atoms with Gasteiger partial charge in [-0.15, -0.1) is 0 Å². The van der Waals surface area contributed by atoms with E-state index < -0.39 is 0 Å². The molecule has 1 aromatic carbocycles. The second kappa shape index (κ2) is 5.44. The number of nitrogens with two attached hydrogens (primary N) is 1. The summed E-state index contributed by atoms with van der Waals surface area (Å²) in [5.74, 6) is 2.56. The maximum Gasteiger partial charge on any atom is 0.121 e. The van der Waals surface area contributed by atoms with Crippen LogP contribution in [0.5, 0.6) is 5.75 Å². The van der Waals surface area contributed by atoms with Gasteiger partial charge in [0.05, 0.1) is 18.1 Å². The summed E-state index contributed by atoms with van der Waals surface area (Å²) in [7, 11) is 1.69. The van der Waals surface area contributed by atoms with Crippen LogP contribution in [0.4, 0.5) is 0 Å². The van der Waals surface area contributed by atoms with Gasteiger partial charge in [0.15, 0.2) is 0 Å². The van der Waals surface area contributed by atoms with Crippen molar-refractivity contribution >= 4 is 11.0 Å². The number of nitrogens with zero attached hydrogens (tertiary/aromatic N) is 2. The van der Waals surface area contributed by atoms with Crippen molar-refractivity contribution in [3.63, 3.8) is 0 Å². The Balaban J connectivity index is 2.05. The minimum atomic E-state index is 0.327. The maximum atomic E-state index is 6.14. The topological polar surface area (TPSA) is 53.1 Å². The summed E-state index contributed by atoms with van der Waals surface area (Å²) in [6.07, 6.45) is 4.62. The molecule has 2 aromatic rings. The largest absolute Gasteiger partial charge is 0.497 e.